The molecule has 0 saturated carbocycles. The molecule has 0 aliphatic carbocycles. The Bertz CT molecular complexity index is 1220. The third-order valence-corrected chi connectivity index (χ3v) is 5.93. The van der Waals surface area contributed by atoms with Crippen molar-refractivity contribution in [1.82, 2.24) is 15.0 Å². The minimum Gasteiger partial charge on any atom is -0.484 e. The first-order chi connectivity index (χ1) is 16.0. The first-order valence-corrected chi connectivity index (χ1v) is 10.6. The number of aromatic nitrogens is 3. The van der Waals surface area contributed by atoms with Crippen LogP contribution in [0.5, 0.6) is 5.75 Å². The summed E-state index contributed by atoms with van der Waals surface area (Å²) in [6.45, 7) is 3.02. The summed E-state index contributed by atoms with van der Waals surface area (Å²) in [4.78, 5) is 28.1. The van der Waals surface area contributed by atoms with Crippen LogP contribution in [0, 0.1) is 0 Å². The van der Waals surface area contributed by atoms with Gasteiger partial charge in [0.05, 0.1) is 35.8 Å². The van der Waals surface area contributed by atoms with E-state index in [1.165, 1.54) is 6.20 Å². The molecule has 0 bridgehead atoms. The number of anilines is 2. The van der Waals surface area contributed by atoms with Gasteiger partial charge in [0.1, 0.15) is 11.4 Å². The van der Waals surface area contributed by atoms with Gasteiger partial charge in [0.2, 0.25) is 0 Å². The second-order valence-corrected chi connectivity index (χ2v) is 8.44. The van der Waals surface area contributed by atoms with Crippen LogP contribution in [0.3, 0.4) is 0 Å². The molecule has 2 aromatic heterocycles. The SMILES string of the molecule is C[C@@]1(CO)Cc2cc(NC(=O)C(=CN)c3ncccn3)c(N3Cc4cccnc4C3)cc2O1. The number of nitrogens with one attached hydrogen (secondary N) is 1. The number of ether oxygens (including phenoxy) is 1. The van der Waals surface area contributed by atoms with E-state index < -0.39 is 11.5 Å². The first-order valence-electron chi connectivity index (χ1n) is 10.6. The molecule has 2 aliphatic rings. The summed E-state index contributed by atoms with van der Waals surface area (Å²) in [6, 6.07) is 9.46. The number of carbonyl (C=O) groups excluding carboxylic acids is 1. The van der Waals surface area contributed by atoms with Crippen LogP contribution in [0.2, 0.25) is 0 Å². The molecule has 9 heteroatoms. The topological polar surface area (TPSA) is 126 Å². The highest BCUT2D eigenvalue weighted by Crippen LogP contribution is 2.43. The molecule has 0 radical (unpaired) electrons. The zero-order chi connectivity index (χ0) is 23.0. The molecule has 3 aromatic rings. The summed E-state index contributed by atoms with van der Waals surface area (Å²) in [7, 11) is 0. The van der Waals surface area contributed by atoms with E-state index in [0.717, 1.165) is 22.5 Å². The molecule has 0 unspecified atom stereocenters. The minimum atomic E-state index is -0.696. The van der Waals surface area contributed by atoms with E-state index >= 15 is 0 Å². The Morgan fingerprint density at radius 2 is 2.00 bits per heavy atom. The number of aliphatic hydroxyl groups is 1. The smallest absolute Gasteiger partial charge is 0.261 e. The largest absolute Gasteiger partial charge is 0.484 e. The number of benzene rings is 1. The number of carbonyl (C=O) groups is 1. The third-order valence-electron chi connectivity index (χ3n) is 5.93. The zero-order valence-electron chi connectivity index (χ0n) is 18.2. The lowest BCUT2D eigenvalue weighted by atomic mass is 9.99. The normalized spacial score (nSPS) is 19.1. The van der Waals surface area contributed by atoms with Gasteiger partial charge >= 0.3 is 0 Å². The number of nitrogens with zero attached hydrogens (tertiary/aromatic N) is 4. The molecular formula is C24H24N6O3. The van der Waals surface area contributed by atoms with Crippen molar-refractivity contribution in [2.75, 3.05) is 16.8 Å². The predicted octanol–water partition coefficient (Wildman–Crippen LogP) is 2.02. The summed E-state index contributed by atoms with van der Waals surface area (Å²) in [6.07, 6.45) is 6.63. The van der Waals surface area contributed by atoms with Gasteiger partial charge in [-0.05, 0) is 30.7 Å². The number of rotatable bonds is 5. The van der Waals surface area contributed by atoms with Crippen molar-refractivity contribution in [3.63, 3.8) is 0 Å². The van der Waals surface area contributed by atoms with Gasteiger partial charge in [-0.3, -0.25) is 9.78 Å². The number of amides is 1. The Morgan fingerprint density at radius 3 is 2.73 bits per heavy atom. The van der Waals surface area contributed by atoms with Crippen molar-refractivity contribution in [2.45, 2.75) is 32.0 Å². The van der Waals surface area contributed by atoms with Gasteiger partial charge in [0.25, 0.3) is 5.91 Å². The molecule has 9 nitrogen and oxygen atoms in total. The van der Waals surface area contributed by atoms with E-state index in [-0.39, 0.29) is 18.0 Å². The van der Waals surface area contributed by atoms with E-state index in [9.17, 15) is 9.90 Å². The van der Waals surface area contributed by atoms with Gasteiger partial charge < -0.3 is 25.8 Å². The van der Waals surface area contributed by atoms with Gasteiger partial charge in [0, 0.05) is 49.4 Å². The van der Waals surface area contributed by atoms with Crippen molar-refractivity contribution >= 4 is 22.9 Å². The average Bonchev–Trinajstić information content (AvgIpc) is 3.40. The van der Waals surface area contributed by atoms with Crippen LogP contribution in [0.1, 0.15) is 29.6 Å². The van der Waals surface area contributed by atoms with Crippen molar-refractivity contribution in [3.05, 3.63) is 77.8 Å². The number of hydrogen-bond acceptors (Lipinski definition) is 8. The second-order valence-electron chi connectivity index (χ2n) is 8.44. The number of hydrogen-bond donors (Lipinski definition) is 3. The lowest BCUT2D eigenvalue weighted by molar-refractivity contribution is -0.111. The molecule has 1 aromatic carbocycles. The van der Waals surface area contributed by atoms with Gasteiger partial charge in [-0.2, -0.15) is 0 Å². The Labute approximate surface area is 191 Å². The second kappa shape index (κ2) is 8.18. The number of nitrogens with two attached hydrogens (primary N) is 1. The maximum Gasteiger partial charge on any atom is 0.261 e. The summed E-state index contributed by atoms with van der Waals surface area (Å²) >= 11 is 0. The molecule has 168 valence electrons. The minimum absolute atomic E-state index is 0.108. The maximum atomic E-state index is 13.2. The van der Waals surface area contributed by atoms with E-state index in [0.29, 0.717) is 30.9 Å². The van der Waals surface area contributed by atoms with Crippen LogP contribution in [-0.2, 0) is 24.3 Å². The molecule has 0 spiro atoms. The quantitative estimate of drug-likeness (QED) is 0.510. The Morgan fingerprint density at radius 1 is 1.21 bits per heavy atom. The van der Waals surface area contributed by atoms with Crippen LogP contribution >= 0.6 is 0 Å². The standard InChI is InChI=1S/C24H24N6O3/c1-24(14-31)10-16-8-18(29-23(32)17(11-25)22-27-6-3-7-28-22)20(9-21(16)33-24)30-12-15-4-2-5-26-19(15)13-30/h2-9,11,31H,10,12-14,25H2,1H3,(H,29,32)/t24-/m0/s1. The fourth-order valence-corrected chi connectivity index (χ4v) is 4.25. The van der Waals surface area contributed by atoms with Gasteiger partial charge in [0.15, 0.2) is 5.82 Å². The van der Waals surface area contributed by atoms with E-state index in [1.807, 2.05) is 25.1 Å². The molecule has 0 saturated heterocycles. The lowest BCUT2D eigenvalue weighted by Gasteiger charge is -2.23. The summed E-state index contributed by atoms with van der Waals surface area (Å²) < 4.78 is 6.06. The Balaban J connectivity index is 1.51. The van der Waals surface area contributed by atoms with Crippen molar-refractivity contribution in [1.29, 1.82) is 0 Å². The first kappa shape index (κ1) is 20.9. The molecule has 0 fully saturated rings. The monoisotopic (exact) mass is 444 g/mol. The van der Waals surface area contributed by atoms with Gasteiger partial charge in [-0.25, -0.2) is 9.97 Å². The third kappa shape index (κ3) is 3.87. The number of aliphatic hydroxyl groups excluding tert-OH is 1. The maximum absolute atomic E-state index is 13.2. The highest BCUT2D eigenvalue weighted by atomic mass is 16.5. The summed E-state index contributed by atoms with van der Waals surface area (Å²) in [5.74, 6) is 0.530. The fraction of sp³-hybridized carbons (Fsp3) is 0.250. The highest BCUT2D eigenvalue weighted by Gasteiger charge is 2.36. The average molecular weight is 444 g/mol. The fourth-order valence-electron chi connectivity index (χ4n) is 4.25. The van der Waals surface area contributed by atoms with Crippen LogP contribution in [-0.4, -0.2) is 38.2 Å². The Kier molecular flexibility index (Phi) is 5.18. The molecule has 5 rings (SSSR count). The summed E-state index contributed by atoms with van der Waals surface area (Å²) in [5.41, 5.74) is 9.69. The molecule has 4 N–H and O–H groups in total. The molecule has 1 atom stereocenters. The van der Waals surface area contributed by atoms with Crippen LogP contribution in [0.4, 0.5) is 11.4 Å². The Hall–Kier alpha value is -3.98. The van der Waals surface area contributed by atoms with E-state index in [4.69, 9.17) is 10.5 Å². The summed E-state index contributed by atoms with van der Waals surface area (Å²) in [5, 5.41) is 12.8. The van der Waals surface area contributed by atoms with Gasteiger partial charge in [-0.15, -0.1) is 0 Å². The van der Waals surface area contributed by atoms with Crippen LogP contribution in [0.25, 0.3) is 5.57 Å². The van der Waals surface area contributed by atoms with E-state index in [2.05, 4.69) is 31.2 Å². The zero-order valence-corrected chi connectivity index (χ0v) is 18.2. The lowest BCUT2D eigenvalue weighted by Crippen LogP contribution is -2.34. The molecule has 33 heavy (non-hydrogen) atoms. The molecule has 1 amide bonds. The molecule has 2 aliphatic heterocycles. The number of fused-ring (bicyclic) bond motifs is 2. The highest BCUT2D eigenvalue weighted by molar-refractivity contribution is 6.24. The van der Waals surface area contributed by atoms with Crippen molar-refractivity contribution in [2.24, 2.45) is 5.73 Å². The van der Waals surface area contributed by atoms with Crippen LogP contribution < -0.4 is 20.7 Å². The van der Waals surface area contributed by atoms with Gasteiger partial charge in [-0.1, -0.05) is 6.07 Å². The van der Waals surface area contributed by atoms with Crippen molar-refractivity contribution in [3.8, 4) is 5.75 Å². The molecule has 4 heterocycles. The molecular weight excluding hydrogens is 420 g/mol. The predicted molar refractivity (Wildman–Crippen MR) is 123 cm³/mol. The van der Waals surface area contributed by atoms with E-state index in [1.54, 1.807) is 24.7 Å². The van der Waals surface area contributed by atoms with Crippen molar-refractivity contribution < 1.29 is 14.6 Å². The number of pyridine rings is 1. The van der Waals surface area contributed by atoms with Crippen LogP contribution in [0.15, 0.2) is 55.1 Å².